The molecule has 0 radical (unpaired) electrons. The number of rotatable bonds is 6. The van der Waals surface area contributed by atoms with Crippen LogP contribution in [0.3, 0.4) is 0 Å². The highest BCUT2D eigenvalue weighted by molar-refractivity contribution is 7.89. The number of methoxy groups -OCH3 is 1. The number of sulfonamides is 1. The predicted molar refractivity (Wildman–Crippen MR) is 90.3 cm³/mol. The summed E-state index contributed by atoms with van der Waals surface area (Å²) in [7, 11) is -2.36. The summed E-state index contributed by atoms with van der Waals surface area (Å²) in [4.78, 5) is -0.429. The molecule has 1 fully saturated rings. The van der Waals surface area contributed by atoms with E-state index in [0.29, 0.717) is 6.61 Å². The van der Waals surface area contributed by atoms with E-state index in [1.54, 1.807) is 7.11 Å². The number of hydrogen-bond donors (Lipinski definition) is 2. The molecule has 0 unspecified atom stereocenters. The fourth-order valence-electron chi connectivity index (χ4n) is 2.64. The van der Waals surface area contributed by atoms with Gasteiger partial charge in [0, 0.05) is 24.1 Å². The summed E-state index contributed by atoms with van der Waals surface area (Å²) in [5, 5.41) is 3.41. The standard InChI is InChI=1S/C14H20ClFN2O3S.ClH/c1-21-10-14(4-6-17-7-5-14)9-18-22(19,20)13-8-11(15)2-3-12(13)16;/h2-3,8,17-18H,4-7,9-10H2,1H3;1H. The number of hydrogen-bond acceptors (Lipinski definition) is 4. The number of halogens is 3. The van der Waals surface area contributed by atoms with Crippen molar-refractivity contribution in [3.63, 3.8) is 0 Å². The van der Waals surface area contributed by atoms with E-state index < -0.39 is 20.7 Å². The molecule has 23 heavy (non-hydrogen) atoms. The molecule has 2 rings (SSSR count). The molecule has 0 bridgehead atoms. The third-order valence-corrected chi connectivity index (χ3v) is 5.59. The van der Waals surface area contributed by atoms with Gasteiger partial charge in [0.15, 0.2) is 0 Å². The fraction of sp³-hybridized carbons (Fsp3) is 0.571. The Kier molecular flexibility index (Phi) is 7.70. The molecule has 0 aromatic heterocycles. The Morgan fingerprint density at radius 2 is 2.04 bits per heavy atom. The van der Waals surface area contributed by atoms with Crippen molar-refractivity contribution in [1.29, 1.82) is 0 Å². The van der Waals surface area contributed by atoms with Crippen LogP contribution in [-0.4, -0.2) is 41.8 Å². The van der Waals surface area contributed by atoms with E-state index in [2.05, 4.69) is 10.0 Å². The van der Waals surface area contributed by atoms with Crippen molar-refractivity contribution < 1.29 is 17.5 Å². The van der Waals surface area contributed by atoms with Crippen LogP contribution in [0.4, 0.5) is 4.39 Å². The Morgan fingerprint density at radius 3 is 2.65 bits per heavy atom. The van der Waals surface area contributed by atoms with Gasteiger partial charge in [-0.15, -0.1) is 12.4 Å². The van der Waals surface area contributed by atoms with E-state index >= 15 is 0 Å². The first-order valence-corrected chi connectivity index (χ1v) is 8.89. The number of benzene rings is 1. The average Bonchev–Trinajstić information content (AvgIpc) is 2.49. The molecule has 1 aliphatic rings. The van der Waals surface area contributed by atoms with Gasteiger partial charge < -0.3 is 10.1 Å². The second-order valence-electron chi connectivity index (χ2n) is 5.58. The topological polar surface area (TPSA) is 67.4 Å². The highest BCUT2D eigenvalue weighted by Crippen LogP contribution is 2.29. The van der Waals surface area contributed by atoms with Gasteiger partial charge in [-0.05, 0) is 44.1 Å². The van der Waals surface area contributed by atoms with Crippen LogP contribution in [0.2, 0.25) is 5.02 Å². The SMILES string of the molecule is COCC1(CNS(=O)(=O)c2cc(Cl)ccc2F)CCNCC1.Cl. The normalized spacial score (nSPS) is 17.5. The molecule has 5 nitrogen and oxygen atoms in total. The molecular formula is C14H21Cl2FN2O3S. The quantitative estimate of drug-likeness (QED) is 0.786. The first kappa shape index (κ1) is 20.6. The molecule has 1 heterocycles. The second kappa shape index (κ2) is 8.60. The minimum atomic E-state index is -3.95. The third kappa shape index (κ3) is 5.27. The molecule has 0 amide bonds. The summed E-state index contributed by atoms with van der Waals surface area (Å²) < 4.78 is 46.2. The van der Waals surface area contributed by atoms with Crippen LogP contribution in [0.5, 0.6) is 0 Å². The van der Waals surface area contributed by atoms with Gasteiger partial charge in [-0.1, -0.05) is 11.6 Å². The molecular weight excluding hydrogens is 366 g/mol. The lowest BCUT2D eigenvalue weighted by molar-refractivity contribution is 0.0577. The summed E-state index contributed by atoms with van der Waals surface area (Å²) in [5.74, 6) is -0.817. The van der Waals surface area contributed by atoms with Gasteiger partial charge in [0.2, 0.25) is 10.0 Å². The van der Waals surface area contributed by atoms with Crippen molar-refractivity contribution >= 4 is 34.0 Å². The maximum Gasteiger partial charge on any atom is 0.243 e. The van der Waals surface area contributed by atoms with Crippen LogP contribution in [0.1, 0.15) is 12.8 Å². The van der Waals surface area contributed by atoms with E-state index in [0.717, 1.165) is 38.1 Å². The van der Waals surface area contributed by atoms with E-state index in [-0.39, 0.29) is 29.4 Å². The molecule has 2 N–H and O–H groups in total. The molecule has 0 saturated carbocycles. The molecule has 0 aliphatic carbocycles. The molecule has 1 aliphatic heterocycles. The molecule has 0 atom stereocenters. The Morgan fingerprint density at radius 1 is 1.39 bits per heavy atom. The summed E-state index contributed by atoms with van der Waals surface area (Å²) in [5.41, 5.74) is -0.276. The summed E-state index contributed by atoms with van der Waals surface area (Å²) >= 11 is 5.76. The van der Waals surface area contributed by atoms with Crippen molar-refractivity contribution in [1.82, 2.24) is 10.0 Å². The van der Waals surface area contributed by atoms with Crippen molar-refractivity contribution in [2.75, 3.05) is 33.4 Å². The van der Waals surface area contributed by atoms with E-state index in [9.17, 15) is 12.8 Å². The zero-order valence-corrected chi connectivity index (χ0v) is 15.2. The van der Waals surface area contributed by atoms with Gasteiger partial charge in [0.05, 0.1) is 6.61 Å². The lowest BCUT2D eigenvalue weighted by Gasteiger charge is -2.37. The second-order valence-corrected chi connectivity index (χ2v) is 7.75. The minimum Gasteiger partial charge on any atom is -0.384 e. The molecule has 1 saturated heterocycles. The highest BCUT2D eigenvalue weighted by atomic mass is 35.5. The zero-order chi connectivity index (χ0) is 16.2. The molecule has 9 heteroatoms. The molecule has 1 aromatic carbocycles. The molecule has 132 valence electrons. The van der Waals surface area contributed by atoms with Crippen molar-refractivity contribution in [2.24, 2.45) is 5.41 Å². The predicted octanol–water partition coefficient (Wildman–Crippen LogP) is 2.20. The van der Waals surface area contributed by atoms with Gasteiger partial charge in [-0.3, -0.25) is 0 Å². The first-order chi connectivity index (χ1) is 10.4. The highest BCUT2D eigenvalue weighted by Gasteiger charge is 2.34. The van der Waals surface area contributed by atoms with Gasteiger partial charge in [0.1, 0.15) is 10.7 Å². The summed E-state index contributed by atoms with van der Waals surface area (Å²) in [6.07, 6.45) is 1.59. The number of piperidine rings is 1. The van der Waals surface area contributed by atoms with E-state index in [4.69, 9.17) is 16.3 Å². The van der Waals surface area contributed by atoms with Crippen LogP contribution in [0, 0.1) is 11.2 Å². The van der Waals surface area contributed by atoms with Crippen LogP contribution in [-0.2, 0) is 14.8 Å². The largest absolute Gasteiger partial charge is 0.384 e. The minimum absolute atomic E-state index is 0. The summed E-state index contributed by atoms with van der Waals surface area (Å²) in [6.45, 7) is 2.26. The van der Waals surface area contributed by atoms with Crippen LogP contribution in [0.25, 0.3) is 0 Å². The van der Waals surface area contributed by atoms with Gasteiger partial charge in [0.25, 0.3) is 0 Å². The average molecular weight is 387 g/mol. The van der Waals surface area contributed by atoms with E-state index in [1.807, 2.05) is 0 Å². The van der Waals surface area contributed by atoms with Crippen LogP contribution in [0.15, 0.2) is 23.1 Å². The van der Waals surface area contributed by atoms with Crippen molar-refractivity contribution in [3.8, 4) is 0 Å². The maximum atomic E-state index is 13.8. The zero-order valence-electron chi connectivity index (χ0n) is 12.8. The van der Waals surface area contributed by atoms with E-state index in [1.165, 1.54) is 6.07 Å². The Bertz CT molecular complexity index is 617. The maximum absolute atomic E-state index is 13.8. The van der Waals surface area contributed by atoms with Crippen LogP contribution < -0.4 is 10.0 Å². The smallest absolute Gasteiger partial charge is 0.243 e. The number of ether oxygens (including phenoxy) is 1. The molecule has 1 aromatic rings. The lowest BCUT2D eigenvalue weighted by Crippen LogP contribution is -2.47. The van der Waals surface area contributed by atoms with Crippen molar-refractivity contribution in [2.45, 2.75) is 17.7 Å². The first-order valence-electron chi connectivity index (χ1n) is 7.03. The monoisotopic (exact) mass is 386 g/mol. The van der Waals surface area contributed by atoms with Crippen LogP contribution >= 0.6 is 24.0 Å². The van der Waals surface area contributed by atoms with Gasteiger partial charge in [-0.2, -0.15) is 0 Å². The fourth-order valence-corrected chi connectivity index (χ4v) is 4.14. The Labute approximate surface area is 147 Å². The Hall–Kier alpha value is -0.440. The molecule has 0 spiro atoms. The van der Waals surface area contributed by atoms with Gasteiger partial charge in [-0.25, -0.2) is 17.5 Å². The Balaban J connectivity index is 0.00000264. The van der Waals surface area contributed by atoms with Crippen molar-refractivity contribution in [3.05, 3.63) is 29.0 Å². The van der Waals surface area contributed by atoms with Gasteiger partial charge >= 0.3 is 0 Å². The third-order valence-electron chi connectivity index (χ3n) is 3.93. The lowest BCUT2D eigenvalue weighted by atomic mass is 9.80. The summed E-state index contributed by atoms with van der Waals surface area (Å²) in [6, 6.07) is 3.48. The number of nitrogens with one attached hydrogen (secondary N) is 2.